The Morgan fingerprint density at radius 3 is 2.78 bits per heavy atom. The van der Waals surface area contributed by atoms with E-state index in [-0.39, 0.29) is 22.0 Å². The predicted octanol–water partition coefficient (Wildman–Crippen LogP) is 3.40. The third kappa shape index (κ3) is 2.49. The number of ether oxygens (including phenoxy) is 1. The number of nitrogens with zero attached hydrogens (tertiary/aromatic N) is 1. The molecule has 0 amide bonds. The molecule has 0 saturated carbocycles. The van der Waals surface area contributed by atoms with Gasteiger partial charge in [0.2, 0.25) is 0 Å². The first kappa shape index (κ1) is 12.5. The molecule has 0 N–H and O–H groups in total. The van der Waals surface area contributed by atoms with Gasteiger partial charge in [0.1, 0.15) is 5.69 Å². The zero-order chi connectivity index (χ0) is 13.1. The summed E-state index contributed by atoms with van der Waals surface area (Å²) in [5, 5.41) is 0.283. The van der Waals surface area contributed by atoms with Crippen LogP contribution in [0.5, 0.6) is 5.75 Å². The number of carbonyl (C=O) groups excluding carboxylic acids is 1. The number of benzene rings is 1. The SMILES string of the molecule is Cc1c(Cl)ccc(OC(=O)c2ccccn2)c1F. The Kier molecular flexibility index (Phi) is 3.58. The highest BCUT2D eigenvalue weighted by atomic mass is 35.5. The first-order chi connectivity index (χ1) is 8.59. The molecular formula is C13H9ClFNO2. The Bertz CT molecular complexity index is 587. The second-order valence-corrected chi connectivity index (χ2v) is 4.00. The minimum absolute atomic E-state index is 0.115. The van der Waals surface area contributed by atoms with Crippen LogP contribution in [0, 0.1) is 12.7 Å². The summed E-state index contributed by atoms with van der Waals surface area (Å²) in [6.45, 7) is 1.51. The lowest BCUT2D eigenvalue weighted by atomic mass is 10.2. The molecule has 0 aliphatic heterocycles. The lowest BCUT2D eigenvalue weighted by molar-refractivity contribution is 0.0721. The molecular weight excluding hydrogens is 257 g/mol. The Hall–Kier alpha value is -1.94. The molecule has 0 atom stereocenters. The van der Waals surface area contributed by atoms with Crippen LogP contribution in [-0.4, -0.2) is 11.0 Å². The number of carbonyl (C=O) groups is 1. The van der Waals surface area contributed by atoms with Gasteiger partial charge in [0.15, 0.2) is 11.6 Å². The minimum Gasteiger partial charge on any atom is -0.419 e. The highest BCUT2D eigenvalue weighted by Gasteiger charge is 2.15. The van der Waals surface area contributed by atoms with Crippen molar-refractivity contribution in [3.63, 3.8) is 0 Å². The molecule has 0 aliphatic rings. The fourth-order valence-electron chi connectivity index (χ4n) is 1.35. The van der Waals surface area contributed by atoms with Crippen molar-refractivity contribution in [1.29, 1.82) is 0 Å². The van der Waals surface area contributed by atoms with Crippen LogP contribution in [0.3, 0.4) is 0 Å². The van der Waals surface area contributed by atoms with E-state index < -0.39 is 11.8 Å². The van der Waals surface area contributed by atoms with Crippen molar-refractivity contribution >= 4 is 17.6 Å². The molecule has 1 aromatic carbocycles. The van der Waals surface area contributed by atoms with Crippen molar-refractivity contribution in [2.24, 2.45) is 0 Å². The van der Waals surface area contributed by atoms with Crippen LogP contribution in [0.1, 0.15) is 16.1 Å². The Labute approximate surface area is 108 Å². The first-order valence-corrected chi connectivity index (χ1v) is 5.55. The van der Waals surface area contributed by atoms with Gasteiger partial charge in [-0.1, -0.05) is 17.7 Å². The Balaban J connectivity index is 2.26. The van der Waals surface area contributed by atoms with Crippen molar-refractivity contribution in [2.75, 3.05) is 0 Å². The standard InChI is InChI=1S/C13H9ClFNO2/c1-8-9(14)5-6-11(12(8)15)18-13(17)10-4-2-3-7-16-10/h2-7H,1H3. The molecule has 0 saturated heterocycles. The molecule has 5 heteroatoms. The monoisotopic (exact) mass is 265 g/mol. The van der Waals surface area contributed by atoms with Gasteiger partial charge in [0.25, 0.3) is 0 Å². The maximum absolute atomic E-state index is 13.8. The zero-order valence-electron chi connectivity index (χ0n) is 9.48. The van der Waals surface area contributed by atoms with Crippen LogP contribution in [-0.2, 0) is 0 Å². The summed E-state index contributed by atoms with van der Waals surface area (Å²) in [4.78, 5) is 15.5. The quantitative estimate of drug-likeness (QED) is 0.617. The molecule has 0 spiro atoms. The molecule has 1 aromatic heterocycles. The molecule has 92 valence electrons. The van der Waals surface area contributed by atoms with Gasteiger partial charge in [-0.2, -0.15) is 0 Å². The van der Waals surface area contributed by atoms with Crippen LogP contribution >= 0.6 is 11.6 Å². The summed E-state index contributed by atoms with van der Waals surface area (Å²) in [6.07, 6.45) is 1.46. The molecule has 1 heterocycles. The van der Waals surface area contributed by atoms with E-state index in [1.54, 1.807) is 12.1 Å². The van der Waals surface area contributed by atoms with Gasteiger partial charge in [0, 0.05) is 16.8 Å². The molecule has 0 fully saturated rings. The van der Waals surface area contributed by atoms with Crippen molar-refractivity contribution in [3.05, 3.63) is 58.6 Å². The fraction of sp³-hybridized carbons (Fsp3) is 0.0769. The number of rotatable bonds is 2. The van der Waals surface area contributed by atoms with Gasteiger partial charge in [-0.25, -0.2) is 14.2 Å². The van der Waals surface area contributed by atoms with Crippen LogP contribution in [0.2, 0.25) is 5.02 Å². The lowest BCUT2D eigenvalue weighted by Crippen LogP contribution is -2.11. The molecule has 3 nitrogen and oxygen atoms in total. The van der Waals surface area contributed by atoms with Crippen molar-refractivity contribution in [1.82, 2.24) is 4.98 Å². The average molecular weight is 266 g/mol. The predicted molar refractivity (Wildman–Crippen MR) is 65.3 cm³/mol. The first-order valence-electron chi connectivity index (χ1n) is 5.17. The summed E-state index contributed by atoms with van der Waals surface area (Å²) in [5.74, 6) is -1.52. The summed E-state index contributed by atoms with van der Waals surface area (Å²) >= 11 is 5.75. The van der Waals surface area contributed by atoms with Gasteiger partial charge in [-0.3, -0.25) is 0 Å². The normalized spacial score (nSPS) is 10.2. The summed E-state index contributed by atoms with van der Waals surface area (Å²) in [5.41, 5.74) is 0.354. The van der Waals surface area contributed by atoms with Gasteiger partial charge in [-0.15, -0.1) is 0 Å². The maximum atomic E-state index is 13.8. The summed E-state index contributed by atoms with van der Waals surface area (Å²) < 4.78 is 18.7. The highest BCUT2D eigenvalue weighted by Crippen LogP contribution is 2.26. The second kappa shape index (κ2) is 5.14. The Morgan fingerprint density at radius 1 is 1.33 bits per heavy atom. The van der Waals surface area contributed by atoms with Gasteiger partial charge < -0.3 is 4.74 Å². The maximum Gasteiger partial charge on any atom is 0.362 e. The van der Waals surface area contributed by atoms with E-state index in [1.165, 1.54) is 31.3 Å². The third-order valence-corrected chi connectivity index (χ3v) is 2.77. The van der Waals surface area contributed by atoms with Crippen LogP contribution < -0.4 is 4.74 Å². The smallest absolute Gasteiger partial charge is 0.362 e. The number of esters is 1. The van der Waals surface area contributed by atoms with E-state index in [2.05, 4.69) is 4.98 Å². The highest BCUT2D eigenvalue weighted by molar-refractivity contribution is 6.31. The van der Waals surface area contributed by atoms with Crippen molar-refractivity contribution < 1.29 is 13.9 Å². The molecule has 0 radical (unpaired) electrons. The van der Waals surface area contributed by atoms with E-state index in [9.17, 15) is 9.18 Å². The van der Waals surface area contributed by atoms with Gasteiger partial charge >= 0.3 is 5.97 Å². The fourth-order valence-corrected chi connectivity index (χ4v) is 1.50. The lowest BCUT2D eigenvalue weighted by Gasteiger charge is -2.07. The van der Waals surface area contributed by atoms with E-state index in [0.717, 1.165) is 0 Å². The van der Waals surface area contributed by atoms with E-state index >= 15 is 0 Å². The van der Waals surface area contributed by atoms with Gasteiger partial charge in [-0.05, 0) is 31.2 Å². The second-order valence-electron chi connectivity index (χ2n) is 3.59. The molecule has 2 rings (SSSR count). The van der Waals surface area contributed by atoms with Gasteiger partial charge in [0.05, 0.1) is 0 Å². The minimum atomic E-state index is -0.712. The van der Waals surface area contributed by atoms with Crippen molar-refractivity contribution in [2.45, 2.75) is 6.92 Å². The van der Waals surface area contributed by atoms with E-state index in [4.69, 9.17) is 16.3 Å². The number of aromatic nitrogens is 1. The van der Waals surface area contributed by atoms with Crippen LogP contribution in [0.15, 0.2) is 36.5 Å². The summed E-state index contributed by atoms with van der Waals surface area (Å²) in [7, 11) is 0. The molecule has 2 aromatic rings. The zero-order valence-corrected chi connectivity index (χ0v) is 10.2. The van der Waals surface area contributed by atoms with Crippen molar-refractivity contribution in [3.8, 4) is 5.75 Å². The topological polar surface area (TPSA) is 39.2 Å². The number of hydrogen-bond donors (Lipinski definition) is 0. The largest absolute Gasteiger partial charge is 0.419 e. The third-order valence-electron chi connectivity index (χ3n) is 2.36. The molecule has 18 heavy (non-hydrogen) atoms. The van der Waals surface area contributed by atoms with E-state index in [1.807, 2.05) is 0 Å². The Morgan fingerprint density at radius 2 is 2.11 bits per heavy atom. The van der Waals surface area contributed by atoms with Crippen LogP contribution in [0.25, 0.3) is 0 Å². The molecule has 0 bridgehead atoms. The van der Waals surface area contributed by atoms with E-state index in [0.29, 0.717) is 0 Å². The number of halogens is 2. The molecule has 0 aliphatic carbocycles. The van der Waals surface area contributed by atoms with Crippen LogP contribution in [0.4, 0.5) is 4.39 Å². The number of pyridine rings is 1. The molecule has 0 unspecified atom stereocenters. The average Bonchev–Trinajstić information content (AvgIpc) is 2.40. The number of hydrogen-bond acceptors (Lipinski definition) is 3. The summed E-state index contributed by atoms with van der Waals surface area (Å²) in [6, 6.07) is 7.59.